The number of para-hydroxylation sites is 1. The smallest absolute Gasteiger partial charge is 0.243 e. The van der Waals surface area contributed by atoms with Gasteiger partial charge in [0.25, 0.3) is 0 Å². The zero-order chi connectivity index (χ0) is 26.1. The molecule has 0 saturated carbocycles. The molecule has 0 amide bonds. The third kappa shape index (κ3) is 7.40. The van der Waals surface area contributed by atoms with E-state index in [9.17, 15) is 8.42 Å². The van der Waals surface area contributed by atoms with Gasteiger partial charge in [0.15, 0.2) is 0 Å². The van der Waals surface area contributed by atoms with Crippen LogP contribution in [0.15, 0.2) is 126 Å². The average Bonchev–Trinajstić information content (AvgIpc) is 2.91. The van der Waals surface area contributed by atoms with E-state index in [4.69, 9.17) is 0 Å². The minimum absolute atomic E-state index is 0.145. The maximum Gasteiger partial charge on any atom is 0.243 e. The van der Waals surface area contributed by atoms with E-state index in [2.05, 4.69) is 29.3 Å². The maximum atomic E-state index is 13.7. The Bertz CT molecular complexity index is 1400. The Morgan fingerprint density at radius 1 is 0.730 bits per heavy atom. The summed E-state index contributed by atoms with van der Waals surface area (Å²) in [7, 11) is -3.76. The average molecular weight is 512 g/mol. The number of nitrogens with one attached hydrogen (secondary N) is 2. The molecule has 0 spiro atoms. The number of benzene rings is 4. The van der Waals surface area contributed by atoms with Crippen LogP contribution in [0, 0.1) is 6.92 Å². The summed E-state index contributed by atoms with van der Waals surface area (Å²) in [6.07, 6.45) is 0. The summed E-state index contributed by atoms with van der Waals surface area (Å²) in [5, 5.41) is 6.69. The minimum atomic E-state index is -3.76. The molecule has 5 nitrogen and oxygen atoms in total. The van der Waals surface area contributed by atoms with Crippen LogP contribution in [0.2, 0.25) is 0 Å². The Morgan fingerprint density at radius 2 is 1.27 bits per heavy atom. The van der Waals surface area contributed by atoms with Gasteiger partial charge < -0.3 is 10.6 Å². The van der Waals surface area contributed by atoms with Gasteiger partial charge in [0.05, 0.1) is 11.4 Å². The van der Waals surface area contributed by atoms with Gasteiger partial charge in [-0.05, 0) is 47.4 Å². The Morgan fingerprint density at radius 3 is 1.89 bits per heavy atom. The Balaban J connectivity index is 1.48. The van der Waals surface area contributed by atoms with Crippen molar-refractivity contribution in [2.45, 2.75) is 31.5 Å². The summed E-state index contributed by atoms with van der Waals surface area (Å²) in [5.41, 5.74) is 5.73. The van der Waals surface area contributed by atoms with Crippen molar-refractivity contribution in [3.05, 3.63) is 144 Å². The molecule has 0 atom stereocenters. The first-order chi connectivity index (χ1) is 17.9. The van der Waals surface area contributed by atoms with Crippen LogP contribution in [0.25, 0.3) is 0 Å². The summed E-state index contributed by atoms with van der Waals surface area (Å²) in [5.74, 6) is 0. The molecule has 4 rings (SSSR count). The molecule has 0 fully saturated rings. The monoisotopic (exact) mass is 511 g/mol. The molecule has 0 aliphatic heterocycles. The van der Waals surface area contributed by atoms with Crippen molar-refractivity contribution in [2.24, 2.45) is 0 Å². The largest absolute Gasteiger partial charge is 0.358 e. The second-order valence-electron chi connectivity index (χ2n) is 9.04. The Kier molecular flexibility index (Phi) is 8.90. The number of hydrogen-bond acceptors (Lipinski definition) is 4. The van der Waals surface area contributed by atoms with Crippen LogP contribution in [0.4, 0.5) is 5.69 Å². The lowest BCUT2D eigenvalue weighted by molar-refractivity contribution is 0.432. The predicted molar refractivity (Wildman–Crippen MR) is 151 cm³/mol. The number of rotatable bonds is 12. The zero-order valence-electron chi connectivity index (χ0n) is 21.1. The molecule has 0 radical (unpaired) electrons. The van der Waals surface area contributed by atoms with E-state index in [1.165, 1.54) is 9.87 Å². The van der Waals surface area contributed by atoms with E-state index in [0.717, 1.165) is 28.9 Å². The predicted octanol–water partition coefficient (Wildman–Crippen LogP) is 6.10. The first-order valence-corrected chi connectivity index (χ1v) is 13.7. The van der Waals surface area contributed by atoms with Crippen LogP contribution in [0.3, 0.4) is 0 Å². The standard InChI is InChI=1S/C31H33N3O2S/c1-25-11-9-10-16-31(25)33-26(2)23-34(24-29-14-7-4-8-15-29)37(35,36)30-19-17-28(18-20-30)22-32-21-27-12-5-3-6-13-27/h3-20,32-33H,2,21-24H2,1H3. The molecule has 2 N–H and O–H groups in total. The van der Waals surface area contributed by atoms with E-state index >= 15 is 0 Å². The van der Waals surface area contributed by atoms with Gasteiger partial charge in [0, 0.05) is 31.0 Å². The third-order valence-corrected chi connectivity index (χ3v) is 7.89. The topological polar surface area (TPSA) is 61.4 Å². The van der Waals surface area contributed by atoms with Gasteiger partial charge in [-0.15, -0.1) is 0 Å². The van der Waals surface area contributed by atoms with E-state index in [1.807, 2.05) is 91.9 Å². The van der Waals surface area contributed by atoms with Crippen molar-refractivity contribution in [2.75, 3.05) is 11.9 Å². The van der Waals surface area contributed by atoms with Crippen LogP contribution < -0.4 is 10.6 Å². The molecule has 0 bridgehead atoms. The van der Waals surface area contributed by atoms with Gasteiger partial charge in [-0.2, -0.15) is 4.31 Å². The van der Waals surface area contributed by atoms with Crippen molar-refractivity contribution in [1.29, 1.82) is 0 Å². The fourth-order valence-electron chi connectivity index (χ4n) is 4.04. The van der Waals surface area contributed by atoms with Gasteiger partial charge in [0.1, 0.15) is 0 Å². The normalized spacial score (nSPS) is 11.4. The molecule has 0 aliphatic carbocycles. The minimum Gasteiger partial charge on any atom is -0.358 e. The van der Waals surface area contributed by atoms with Gasteiger partial charge in [-0.3, -0.25) is 0 Å². The Hall–Kier alpha value is -3.71. The molecule has 0 saturated heterocycles. The quantitative estimate of drug-likeness (QED) is 0.241. The van der Waals surface area contributed by atoms with Crippen LogP contribution in [-0.4, -0.2) is 19.3 Å². The van der Waals surface area contributed by atoms with Crippen LogP contribution in [0.5, 0.6) is 0 Å². The summed E-state index contributed by atoms with van der Waals surface area (Å²) in [6, 6.07) is 34.8. The summed E-state index contributed by atoms with van der Waals surface area (Å²) >= 11 is 0. The van der Waals surface area contributed by atoms with E-state index < -0.39 is 10.0 Å². The SMILES string of the molecule is C=C(CN(Cc1ccccc1)S(=O)(=O)c1ccc(CNCc2ccccc2)cc1)Nc1ccccc1C. The molecule has 0 unspecified atom stereocenters. The molecule has 0 aromatic heterocycles. The fourth-order valence-corrected chi connectivity index (χ4v) is 5.47. The first kappa shape index (κ1) is 26.4. The first-order valence-electron chi connectivity index (χ1n) is 12.3. The second kappa shape index (κ2) is 12.5. The maximum absolute atomic E-state index is 13.7. The molecule has 6 heteroatoms. The number of hydrogen-bond donors (Lipinski definition) is 2. The second-order valence-corrected chi connectivity index (χ2v) is 11.0. The highest BCUT2D eigenvalue weighted by atomic mass is 32.2. The summed E-state index contributed by atoms with van der Waals surface area (Å²) < 4.78 is 29.0. The van der Waals surface area contributed by atoms with E-state index in [0.29, 0.717) is 12.2 Å². The van der Waals surface area contributed by atoms with Crippen LogP contribution >= 0.6 is 0 Å². The zero-order valence-corrected chi connectivity index (χ0v) is 21.9. The lowest BCUT2D eigenvalue weighted by Crippen LogP contribution is -2.33. The Labute approximate surface area is 220 Å². The number of sulfonamides is 1. The van der Waals surface area contributed by atoms with Gasteiger partial charge in [-0.25, -0.2) is 8.42 Å². The van der Waals surface area contributed by atoms with Gasteiger partial charge in [0.2, 0.25) is 10.0 Å². The number of anilines is 1. The van der Waals surface area contributed by atoms with Crippen molar-refractivity contribution >= 4 is 15.7 Å². The molecule has 4 aromatic carbocycles. The number of nitrogens with zero attached hydrogens (tertiary/aromatic N) is 1. The number of aryl methyl sites for hydroxylation is 1. The molecular formula is C31H33N3O2S. The van der Waals surface area contributed by atoms with Gasteiger partial charge >= 0.3 is 0 Å². The molecule has 4 aromatic rings. The molecular weight excluding hydrogens is 478 g/mol. The molecule has 190 valence electrons. The van der Waals surface area contributed by atoms with E-state index in [1.54, 1.807) is 12.1 Å². The highest BCUT2D eigenvalue weighted by Crippen LogP contribution is 2.22. The highest BCUT2D eigenvalue weighted by molar-refractivity contribution is 7.89. The molecule has 0 heterocycles. The van der Waals surface area contributed by atoms with Crippen molar-refractivity contribution in [1.82, 2.24) is 9.62 Å². The summed E-state index contributed by atoms with van der Waals surface area (Å²) in [4.78, 5) is 0.263. The van der Waals surface area contributed by atoms with Gasteiger partial charge in [-0.1, -0.05) is 97.6 Å². The summed E-state index contributed by atoms with van der Waals surface area (Å²) in [6.45, 7) is 7.93. The third-order valence-electron chi connectivity index (χ3n) is 6.09. The van der Waals surface area contributed by atoms with E-state index in [-0.39, 0.29) is 18.0 Å². The van der Waals surface area contributed by atoms with Crippen molar-refractivity contribution in [3.8, 4) is 0 Å². The lowest BCUT2D eigenvalue weighted by Gasteiger charge is -2.24. The highest BCUT2D eigenvalue weighted by Gasteiger charge is 2.25. The molecule has 37 heavy (non-hydrogen) atoms. The van der Waals surface area contributed by atoms with Crippen LogP contribution in [-0.2, 0) is 29.7 Å². The van der Waals surface area contributed by atoms with Crippen molar-refractivity contribution < 1.29 is 8.42 Å². The fraction of sp³-hybridized carbons (Fsp3) is 0.161. The van der Waals surface area contributed by atoms with Crippen LogP contribution in [0.1, 0.15) is 22.3 Å². The van der Waals surface area contributed by atoms with Crippen molar-refractivity contribution in [3.63, 3.8) is 0 Å². The lowest BCUT2D eigenvalue weighted by atomic mass is 10.2. The molecule has 0 aliphatic rings.